The van der Waals surface area contributed by atoms with Gasteiger partial charge in [0.15, 0.2) is 0 Å². The van der Waals surface area contributed by atoms with Crippen molar-refractivity contribution in [3.05, 3.63) is 12.2 Å². The lowest BCUT2D eigenvalue weighted by molar-refractivity contribution is -0.890. The molecular formula is C16H31N2O3+. The van der Waals surface area contributed by atoms with E-state index in [0.717, 1.165) is 49.7 Å². The second-order valence-corrected chi connectivity index (χ2v) is 6.33. The van der Waals surface area contributed by atoms with E-state index >= 15 is 0 Å². The Hall–Kier alpha value is -1.36. The summed E-state index contributed by atoms with van der Waals surface area (Å²) < 4.78 is 0.928. The summed E-state index contributed by atoms with van der Waals surface area (Å²) in [5.74, 6) is -0.776. The Morgan fingerprint density at radius 3 is 2.14 bits per heavy atom. The Morgan fingerprint density at radius 1 is 1.05 bits per heavy atom. The number of nitrogens with zero attached hydrogens (tertiary/aromatic N) is 1. The maximum absolute atomic E-state index is 11.3. The zero-order chi connectivity index (χ0) is 16.3. The molecule has 122 valence electrons. The maximum Gasteiger partial charge on any atom is 0.303 e. The number of nitrogens with one attached hydrogen (secondary N) is 1. The Morgan fingerprint density at radius 2 is 1.62 bits per heavy atom. The highest BCUT2D eigenvalue weighted by molar-refractivity contribution is 5.91. The number of amides is 1. The van der Waals surface area contributed by atoms with Gasteiger partial charge in [-0.1, -0.05) is 6.58 Å². The van der Waals surface area contributed by atoms with E-state index in [1.165, 1.54) is 0 Å². The third-order valence-corrected chi connectivity index (χ3v) is 3.52. The van der Waals surface area contributed by atoms with E-state index in [1.54, 1.807) is 6.92 Å². The molecule has 0 aliphatic heterocycles. The molecule has 1 amide bonds. The third kappa shape index (κ3) is 12.1. The summed E-state index contributed by atoms with van der Waals surface area (Å²) in [6.45, 7) is 8.11. The van der Waals surface area contributed by atoms with Gasteiger partial charge in [-0.05, 0) is 39.0 Å². The average Bonchev–Trinajstić information content (AvgIpc) is 2.38. The summed E-state index contributed by atoms with van der Waals surface area (Å²) >= 11 is 0. The van der Waals surface area contributed by atoms with Crippen LogP contribution >= 0.6 is 0 Å². The fraction of sp³-hybridized carbons (Fsp3) is 0.750. The maximum atomic E-state index is 11.3. The standard InChI is InChI=1S/C16H30N2O3/c1-14(2)16(21)17-11-7-5-8-12-18(3,4)13-9-6-10-15(19)20/h1,5-13H2,2-4H3,(H-,17,19,20,21)/p+1. The van der Waals surface area contributed by atoms with E-state index in [0.29, 0.717) is 12.1 Å². The normalized spacial score (nSPS) is 11.2. The molecule has 0 atom stereocenters. The molecule has 2 N–H and O–H groups in total. The first-order valence-electron chi connectivity index (χ1n) is 7.72. The molecule has 0 rings (SSSR count). The smallest absolute Gasteiger partial charge is 0.303 e. The summed E-state index contributed by atoms with van der Waals surface area (Å²) in [5, 5.41) is 11.4. The van der Waals surface area contributed by atoms with Crippen LogP contribution in [0.5, 0.6) is 0 Å². The van der Waals surface area contributed by atoms with E-state index in [1.807, 2.05) is 0 Å². The molecular weight excluding hydrogens is 268 g/mol. The van der Waals surface area contributed by atoms with E-state index in [9.17, 15) is 9.59 Å². The zero-order valence-electron chi connectivity index (χ0n) is 13.8. The number of hydrogen-bond acceptors (Lipinski definition) is 2. The topological polar surface area (TPSA) is 66.4 Å². The van der Waals surface area contributed by atoms with Crippen molar-refractivity contribution < 1.29 is 19.2 Å². The minimum atomic E-state index is -0.711. The van der Waals surface area contributed by atoms with Crippen molar-refractivity contribution in [2.75, 3.05) is 33.7 Å². The highest BCUT2D eigenvalue weighted by atomic mass is 16.4. The summed E-state index contributed by atoms with van der Waals surface area (Å²) in [6.07, 6.45) is 5.17. The molecule has 5 heteroatoms. The summed E-state index contributed by atoms with van der Waals surface area (Å²) in [4.78, 5) is 21.7. The number of carbonyl (C=O) groups excluding carboxylic acids is 1. The van der Waals surface area contributed by atoms with Crippen molar-refractivity contribution in [1.82, 2.24) is 5.32 Å². The molecule has 0 unspecified atom stereocenters. The van der Waals surface area contributed by atoms with E-state index in [-0.39, 0.29) is 12.3 Å². The molecule has 21 heavy (non-hydrogen) atoms. The lowest BCUT2D eigenvalue weighted by Gasteiger charge is -2.29. The molecule has 0 spiro atoms. The molecule has 0 fully saturated rings. The quantitative estimate of drug-likeness (QED) is 0.330. The van der Waals surface area contributed by atoms with E-state index < -0.39 is 5.97 Å². The predicted molar refractivity (Wildman–Crippen MR) is 85.0 cm³/mol. The number of carboxylic acid groups (broad SMARTS) is 1. The van der Waals surface area contributed by atoms with Gasteiger partial charge in [0.25, 0.3) is 0 Å². The van der Waals surface area contributed by atoms with Crippen LogP contribution in [0.4, 0.5) is 0 Å². The van der Waals surface area contributed by atoms with Gasteiger partial charge in [-0.15, -0.1) is 0 Å². The molecule has 0 aromatic rings. The molecule has 0 bridgehead atoms. The number of unbranched alkanes of at least 4 members (excludes halogenated alkanes) is 3. The van der Waals surface area contributed by atoms with Gasteiger partial charge in [0.2, 0.25) is 5.91 Å². The summed E-state index contributed by atoms with van der Waals surface area (Å²) in [7, 11) is 4.37. The first-order chi connectivity index (χ1) is 9.74. The lowest BCUT2D eigenvalue weighted by atomic mass is 10.2. The van der Waals surface area contributed by atoms with Crippen LogP contribution in [-0.4, -0.2) is 55.2 Å². The minimum absolute atomic E-state index is 0.0652. The van der Waals surface area contributed by atoms with E-state index in [2.05, 4.69) is 26.0 Å². The second kappa shape index (κ2) is 10.4. The average molecular weight is 299 g/mol. The lowest BCUT2D eigenvalue weighted by Crippen LogP contribution is -2.41. The fourth-order valence-corrected chi connectivity index (χ4v) is 2.12. The van der Waals surface area contributed by atoms with Gasteiger partial charge < -0.3 is 14.9 Å². The number of rotatable bonds is 12. The largest absolute Gasteiger partial charge is 0.481 e. The van der Waals surface area contributed by atoms with Crippen molar-refractivity contribution in [2.24, 2.45) is 0 Å². The van der Waals surface area contributed by atoms with Crippen molar-refractivity contribution in [3.8, 4) is 0 Å². The number of carboxylic acids is 1. The number of hydrogen-bond donors (Lipinski definition) is 2. The highest BCUT2D eigenvalue weighted by Crippen LogP contribution is 2.07. The van der Waals surface area contributed by atoms with Crippen LogP contribution in [0.25, 0.3) is 0 Å². The van der Waals surface area contributed by atoms with Crippen LogP contribution < -0.4 is 5.32 Å². The van der Waals surface area contributed by atoms with Gasteiger partial charge in [0.05, 0.1) is 27.2 Å². The van der Waals surface area contributed by atoms with Crippen LogP contribution in [0.15, 0.2) is 12.2 Å². The number of quaternary nitrogens is 1. The van der Waals surface area contributed by atoms with Crippen molar-refractivity contribution in [2.45, 2.75) is 45.4 Å². The van der Waals surface area contributed by atoms with Crippen LogP contribution in [-0.2, 0) is 9.59 Å². The van der Waals surface area contributed by atoms with Crippen LogP contribution in [0.2, 0.25) is 0 Å². The number of carbonyl (C=O) groups is 2. The van der Waals surface area contributed by atoms with Gasteiger partial charge in [-0.2, -0.15) is 0 Å². The van der Waals surface area contributed by atoms with E-state index in [4.69, 9.17) is 5.11 Å². The van der Waals surface area contributed by atoms with Crippen molar-refractivity contribution in [1.29, 1.82) is 0 Å². The Balaban J connectivity index is 3.58. The van der Waals surface area contributed by atoms with Crippen molar-refractivity contribution in [3.63, 3.8) is 0 Å². The SMILES string of the molecule is C=C(C)C(=O)NCCCCC[N+](C)(C)CCCCC(=O)O. The number of aliphatic carboxylic acids is 1. The van der Waals surface area contributed by atoms with Gasteiger partial charge in [0, 0.05) is 18.5 Å². The monoisotopic (exact) mass is 299 g/mol. The zero-order valence-corrected chi connectivity index (χ0v) is 13.8. The third-order valence-electron chi connectivity index (χ3n) is 3.52. The molecule has 0 aliphatic rings. The molecule has 0 aromatic carbocycles. The Kier molecular flexibility index (Phi) is 9.71. The summed E-state index contributed by atoms with van der Waals surface area (Å²) in [5.41, 5.74) is 0.550. The van der Waals surface area contributed by atoms with Crippen LogP contribution in [0, 0.1) is 0 Å². The Bertz CT molecular complexity index is 351. The highest BCUT2D eigenvalue weighted by Gasteiger charge is 2.14. The molecule has 0 aliphatic carbocycles. The molecule has 0 saturated heterocycles. The van der Waals surface area contributed by atoms with Gasteiger partial charge >= 0.3 is 5.97 Å². The molecule has 0 aromatic heterocycles. The van der Waals surface area contributed by atoms with Gasteiger partial charge in [0.1, 0.15) is 0 Å². The van der Waals surface area contributed by atoms with Gasteiger partial charge in [-0.3, -0.25) is 9.59 Å². The minimum Gasteiger partial charge on any atom is -0.481 e. The first kappa shape index (κ1) is 19.6. The van der Waals surface area contributed by atoms with Gasteiger partial charge in [-0.25, -0.2) is 0 Å². The molecule has 0 saturated carbocycles. The van der Waals surface area contributed by atoms with Crippen molar-refractivity contribution >= 4 is 11.9 Å². The molecule has 0 heterocycles. The molecule has 0 radical (unpaired) electrons. The van der Waals surface area contributed by atoms with Crippen LogP contribution in [0.3, 0.4) is 0 Å². The predicted octanol–water partition coefficient (Wildman–Crippen LogP) is 2.18. The second-order valence-electron chi connectivity index (χ2n) is 6.33. The first-order valence-corrected chi connectivity index (χ1v) is 7.72. The van der Waals surface area contributed by atoms with Crippen LogP contribution in [0.1, 0.15) is 45.4 Å². The summed E-state index contributed by atoms with van der Waals surface area (Å²) in [6, 6.07) is 0. The molecule has 5 nitrogen and oxygen atoms in total. The fourth-order valence-electron chi connectivity index (χ4n) is 2.12. The Labute approximate surface area is 128 Å².